The number of hydrogen-bond acceptors (Lipinski definition) is 2. The monoisotopic (exact) mass is 94.0 g/mol. The van der Waals surface area contributed by atoms with Gasteiger partial charge in [0.1, 0.15) is 0 Å². The van der Waals surface area contributed by atoms with E-state index in [2.05, 4.69) is 5.84 Å². The molecule has 0 aromatic carbocycles. The minimum Gasteiger partial charge on any atom is -0.464 e. The molecule has 0 aliphatic carbocycles. The molecule has 0 bridgehead atoms. The van der Waals surface area contributed by atoms with Gasteiger partial charge in [0.2, 0.25) is 0 Å². The number of rotatable bonds is 0. The molecule has 0 fully saturated rings. The molecule has 6 N–H and O–H groups in total. The Labute approximate surface area is 34.0 Å². The third-order valence-electron chi connectivity index (χ3n) is 0.123. The molecule has 0 aliphatic heterocycles. The molecule has 1 amide bonds. The molecule has 6 heavy (non-hydrogen) atoms. The summed E-state index contributed by atoms with van der Waals surface area (Å²) in [5, 5.41) is 7.49. The average molecular weight is 94.1 g/mol. The van der Waals surface area contributed by atoms with Gasteiger partial charge in [-0.15, -0.1) is 0 Å². The number of carbonyl (C=O) groups is 1. The largest absolute Gasteiger partial charge is 0.464 e. The Morgan fingerprint density at radius 1 is 1.83 bits per heavy atom. The van der Waals surface area contributed by atoms with Crippen molar-refractivity contribution in [2.75, 3.05) is 0 Å². The molecular formula is CH6N2O3. The second kappa shape index (κ2) is 4.19. The average Bonchev–Trinajstić information content (AvgIpc) is 1.38. The maximum Gasteiger partial charge on any atom is 0.418 e. The van der Waals surface area contributed by atoms with Gasteiger partial charge in [-0.1, -0.05) is 0 Å². The lowest BCUT2D eigenvalue weighted by Crippen LogP contribution is -2.27. The van der Waals surface area contributed by atoms with Gasteiger partial charge in [-0.05, 0) is 0 Å². The molecule has 0 aromatic rings. The third-order valence-corrected chi connectivity index (χ3v) is 0.123. The highest BCUT2D eigenvalue weighted by molar-refractivity contribution is 5.63. The zero-order valence-corrected chi connectivity index (χ0v) is 2.93. The van der Waals surface area contributed by atoms with Crippen LogP contribution in [0.3, 0.4) is 0 Å². The normalized spacial score (nSPS) is 5.50. The van der Waals surface area contributed by atoms with Crippen molar-refractivity contribution in [2.24, 2.45) is 5.84 Å². The van der Waals surface area contributed by atoms with Crippen LogP contribution < -0.4 is 11.3 Å². The van der Waals surface area contributed by atoms with Gasteiger partial charge in [0.05, 0.1) is 0 Å². The van der Waals surface area contributed by atoms with Crippen LogP contribution in [-0.4, -0.2) is 16.7 Å². The zero-order valence-electron chi connectivity index (χ0n) is 2.93. The van der Waals surface area contributed by atoms with E-state index in [1.165, 1.54) is 5.43 Å². The number of nitrogens with two attached hydrogens (primary N) is 1. The molecule has 5 nitrogen and oxygen atoms in total. The van der Waals surface area contributed by atoms with Crippen molar-refractivity contribution >= 4 is 6.09 Å². The van der Waals surface area contributed by atoms with Crippen molar-refractivity contribution in [2.45, 2.75) is 0 Å². The molecule has 0 radical (unpaired) electrons. The summed E-state index contributed by atoms with van der Waals surface area (Å²) in [5.74, 6) is 4.32. The fourth-order valence-corrected chi connectivity index (χ4v) is 0. The molecule has 0 rings (SSSR count). The second-order valence-electron chi connectivity index (χ2n) is 0.449. The topological polar surface area (TPSA) is 107 Å². The predicted octanol–water partition coefficient (Wildman–Crippen LogP) is -1.70. The lowest BCUT2D eigenvalue weighted by atomic mass is 11.3. The molecule has 0 aliphatic rings. The summed E-state index contributed by atoms with van der Waals surface area (Å²) in [7, 11) is 0. The zero-order chi connectivity index (χ0) is 4.28. The third kappa shape index (κ3) is 10.8. The lowest BCUT2D eigenvalue weighted by Gasteiger charge is -1.79. The first-order chi connectivity index (χ1) is 2.27. The molecule has 5 heteroatoms. The maximum absolute atomic E-state index is 9.13. The summed E-state index contributed by atoms with van der Waals surface area (Å²) in [4.78, 5) is 9.13. The van der Waals surface area contributed by atoms with Crippen molar-refractivity contribution in [1.29, 1.82) is 0 Å². The van der Waals surface area contributed by atoms with Gasteiger partial charge in [-0.25, -0.2) is 10.6 Å². The fraction of sp³-hybridized carbons (Fsp3) is 0. The molecule has 0 heterocycles. The standard InChI is InChI=1S/CH4N2O2.H2O/c2-3-1(4)5;/h3H,2H2,(H,4,5);1H2. The Bertz CT molecular complexity index is 44.1. The Kier molecular flexibility index (Phi) is 6.25. The molecular weight excluding hydrogens is 88.0 g/mol. The van der Waals surface area contributed by atoms with Gasteiger partial charge in [-0.3, -0.25) is 5.43 Å². The first-order valence-electron chi connectivity index (χ1n) is 0.966. The van der Waals surface area contributed by atoms with E-state index in [0.717, 1.165) is 0 Å². The molecule has 0 saturated carbocycles. The number of amides is 1. The van der Waals surface area contributed by atoms with Gasteiger partial charge in [0.15, 0.2) is 0 Å². The van der Waals surface area contributed by atoms with Gasteiger partial charge in [0.25, 0.3) is 0 Å². The minimum absolute atomic E-state index is 0. The Morgan fingerprint density at radius 2 is 2.00 bits per heavy atom. The van der Waals surface area contributed by atoms with Crippen LogP contribution in [-0.2, 0) is 0 Å². The summed E-state index contributed by atoms with van der Waals surface area (Å²) >= 11 is 0. The van der Waals surface area contributed by atoms with Crippen molar-refractivity contribution in [3.63, 3.8) is 0 Å². The van der Waals surface area contributed by atoms with E-state index in [1.54, 1.807) is 0 Å². The van der Waals surface area contributed by atoms with Crippen molar-refractivity contribution in [1.82, 2.24) is 5.43 Å². The van der Waals surface area contributed by atoms with E-state index >= 15 is 0 Å². The van der Waals surface area contributed by atoms with Crippen LogP contribution in [0.15, 0.2) is 0 Å². The van der Waals surface area contributed by atoms with Crippen LogP contribution in [0.4, 0.5) is 4.79 Å². The number of hydrazine groups is 1. The summed E-state index contributed by atoms with van der Waals surface area (Å²) in [6.07, 6.45) is -1.22. The van der Waals surface area contributed by atoms with Crippen molar-refractivity contribution in [3.05, 3.63) is 0 Å². The highest BCUT2D eigenvalue weighted by Crippen LogP contribution is 1.42. The fourth-order valence-electron chi connectivity index (χ4n) is 0. The summed E-state index contributed by atoms with van der Waals surface area (Å²) in [5.41, 5.74) is 1.44. The smallest absolute Gasteiger partial charge is 0.418 e. The molecule has 0 unspecified atom stereocenters. The Hall–Kier alpha value is -0.810. The quantitative estimate of drug-likeness (QED) is 0.189. The van der Waals surface area contributed by atoms with Crippen LogP contribution in [0, 0.1) is 0 Å². The van der Waals surface area contributed by atoms with Crippen LogP contribution in [0.2, 0.25) is 0 Å². The lowest BCUT2D eigenvalue weighted by molar-refractivity contribution is 0.194. The van der Waals surface area contributed by atoms with Crippen molar-refractivity contribution in [3.8, 4) is 0 Å². The summed E-state index contributed by atoms with van der Waals surface area (Å²) in [6, 6.07) is 0. The highest BCUT2D eigenvalue weighted by Gasteiger charge is 1.77. The van der Waals surface area contributed by atoms with Gasteiger partial charge in [0, 0.05) is 0 Å². The maximum atomic E-state index is 9.13. The Morgan fingerprint density at radius 3 is 2.00 bits per heavy atom. The van der Waals surface area contributed by atoms with Crippen LogP contribution in [0.1, 0.15) is 0 Å². The van der Waals surface area contributed by atoms with Crippen LogP contribution in [0.5, 0.6) is 0 Å². The van der Waals surface area contributed by atoms with E-state index in [0.29, 0.717) is 0 Å². The second-order valence-corrected chi connectivity index (χ2v) is 0.449. The van der Waals surface area contributed by atoms with Gasteiger partial charge >= 0.3 is 6.09 Å². The SMILES string of the molecule is NNC(=O)O.O. The van der Waals surface area contributed by atoms with E-state index in [9.17, 15) is 0 Å². The molecule has 38 valence electrons. The van der Waals surface area contributed by atoms with E-state index in [1.807, 2.05) is 0 Å². The highest BCUT2D eigenvalue weighted by atomic mass is 16.4. The first-order valence-corrected chi connectivity index (χ1v) is 0.966. The van der Waals surface area contributed by atoms with Gasteiger partial charge < -0.3 is 10.6 Å². The van der Waals surface area contributed by atoms with E-state index in [4.69, 9.17) is 9.90 Å². The Balaban J connectivity index is 0. The number of carboxylic acid groups (broad SMARTS) is 1. The van der Waals surface area contributed by atoms with Crippen LogP contribution in [0.25, 0.3) is 0 Å². The van der Waals surface area contributed by atoms with E-state index in [-0.39, 0.29) is 5.48 Å². The summed E-state index contributed by atoms with van der Waals surface area (Å²) < 4.78 is 0. The van der Waals surface area contributed by atoms with Crippen molar-refractivity contribution < 1.29 is 15.4 Å². The minimum atomic E-state index is -1.22. The van der Waals surface area contributed by atoms with Gasteiger partial charge in [-0.2, -0.15) is 0 Å². The van der Waals surface area contributed by atoms with E-state index < -0.39 is 6.09 Å². The predicted molar refractivity (Wildman–Crippen MR) is 19.0 cm³/mol. The van der Waals surface area contributed by atoms with Crippen LogP contribution >= 0.6 is 0 Å². The number of hydrogen-bond donors (Lipinski definition) is 3. The molecule has 0 saturated heterocycles. The molecule has 0 spiro atoms. The first kappa shape index (κ1) is 8.95. The molecule has 0 atom stereocenters. The summed E-state index contributed by atoms with van der Waals surface area (Å²) in [6.45, 7) is 0. The number of nitrogens with one attached hydrogen (secondary N) is 1. The molecule has 0 aromatic heterocycles.